The number of hydrogen-bond donors (Lipinski definition) is 2. The third-order valence-electron chi connectivity index (χ3n) is 7.61. The Bertz CT molecular complexity index is 1380. The predicted octanol–water partition coefficient (Wildman–Crippen LogP) is 6.80. The van der Waals surface area contributed by atoms with E-state index in [0.717, 1.165) is 59.9 Å². The van der Waals surface area contributed by atoms with Crippen LogP contribution in [0.2, 0.25) is 0 Å². The average Bonchev–Trinajstić information content (AvgIpc) is 3.45. The maximum atomic E-state index is 11.1. The Morgan fingerprint density at radius 2 is 1.44 bits per heavy atom. The third-order valence-corrected chi connectivity index (χ3v) is 8.57. The van der Waals surface area contributed by atoms with Crippen LogP contribution < -0.4 is 9.80 Å². The van der Waals surface area contributed by atoms with Crippen molar-refractivity contribution in [1.29, 1.82) is 0 Å². The van der Waals surface area contributed by atoms with Gasteiger partial charge in [0.15, 0.2) is 5.13 Å². The minimum absolute atomic E-state index is 0.115. The van der Waals surface area contributed by atoms with Gasteiger partial charge in [-0.2, -0.15) is 0 Å². The smallest absolute Gasteiger partial charge is 0.335 e. The zero-order valence-electron chi connectivity index (χ0n) is 22.5. The molecular formula is C32H35N3O3S. The van der Waals surface area contributed by atoms with Crippen molar-refractivity contribution in [2.75, 3.05) is 23.9 Å². The van der Waals surface area contributed by atoms with Crippen LogP contribution in [-0.4, -0.2) is 41.4 Å². The summed E-state index contributed by atoms with van der Waals surface area (Å²) >= 11 is 1.60. The van der Waals surface area contributed by atoms with Gasteiger partial charge in [0.25, 0.3) is 0 Å². The van der Waals surface area contributed by atoms with Crippen molar-refractivity contribution in [3.63, 3.8) is 0 Å². The van der Waals surface area contributed by atoms with Crippen molar-refractivity contribution in [1.82, 2.24) is 4.98 Å². The first-order chi connectivity index (χ1) is 18.9. The van der Waals surface area contributed by atoms with Crippen LogP contribution in [0.3, 0.4) is 0 Å². The molecule has 0 unspecified atom stereocenters. The van der Waals surface area contributed by atoms with Crippen LogP contribution in [0.25, 0.3) is 11.3 Å². The van der Waals surface area contributed by atoms with Crippen molar-refractivity contribution in [3.8, 4) is 11.3 Å². The molecule has 1 fully saturated rings. The van der Waals surface area contributed by atoms with Crippen LogP contribution in [0.15, 0.2) is 78.2 Å². The minimum Gasteiger partial charge on any atom is -0.478 e. The van der Waals surface area contributed by atoms with E-state index in [4.69, 9.17) is 10.1 Å². The Hall–Kier alpha value is -3.68. The third kappa shape index (κ3) is 6.67. The number of thiazole rings is 1. The Balaban J connectivity index is 1.17. The molecule has 202 valence electrons. The van der Waals surface area contributed by atoms with Crippen LogP contribution >= 0.6 is 11.3 Å². The van der Waals surface area contributed by atoms with E-state index in [2.05, 4.69) is 70.8 Å². The molecule has 1 saturated carbocycles. The summed E-state index contributed by atoms with van der Waals surface area (Å²) in [5.74, 6) is -0.341. The van der Waals surface area contributed by atoms with Gasteiger partial charge in [-0.1, -0.05) is 48.5 Å². The Morgan fingerprint density at radius 1 is 0.846 bits per heavy atom. The summed E-state index contributed by atoms with van der Waals surface area (Å²) in [5, 5.41) is 21.9. The first-order valence-electron chi connectivity index (χ1n) is 13.4. The number of aliphatic hydroxyl groups excluding tert-OH is 1. The van der Waals surface area contributed by atoms with Gasteiger partial charge in [0.2, 0.25) is 0 Å². The molecule has 1 heterocycles. The van der Waals surface area contributed by atoms with Crippen molar-refractivity contribution in [2.45, 2.75) is 50.8 Å². The first-order valence-corrected chi connectivity index (χ1v) is 14.3. The highest BCUT2D eigenvalue weighted by atomic mass is 32.1. The van der Waals surface area contributed by atoms with Gasteiger partial charge >= 0.3 is 5.97 Å². The maximum absolute atomic E-state index is 11.1. The van der Waals surface area contributed by atoms with E-state index >= 15 is 0 Å². The molecule has 0 saturated heterocycles. The lowest BCUT2D eigenvalue weighted by molar-refractivity contribution is 0.0697. The zero-order valence-corrected chi connectivity index (χ0v) is 23.3. The Labute approximate surface area is 234 Å². The molecule has 2 N–H and O–H groups in total. The number of carboxylic acids is 1. The first kappa shape index (κ1) is 26.9. The molecule has 3 aromatic carbocycles. The van der Waals surface area contributed by atoms with Gasteiger partial charge in [-0.15, -0.1) is 11.3 Å². The van der Waals surface area contributed by atoms with E-state index in [1.807, 2.05) is 19.2 Å². The van der Waals surface area contributed by atoms with Crippen molar-refractivity contribution >= 4 is 28.1 Å². The molecule has 0 atom stereocenters. The van der Waals surface area contributed by atoms with Gasteiger partial charge in [-0.3, -0.25) is 0 Å². The Morgan fingerprint density at radius 3 is 2.05 bits per heavy atom. The van der Waals surface area contributed by atoms with Crippen LogP contribution in [0.4, 0.5) is 10.8 Å². The quantitative estimate of drug-likeness (QED) is 0.243. The number of hydrogen-bond acceptors (Lipinski definition) is 6. The van der Waals surface area contributed by atoms with E-state index < -0.39 is 5.97 Å². The molecule has 0 aliphatic heterocycles. The zero-order chi connectivity index (χ0) is 27.4. The minimum atomic E-state index is -0.914. The largest absolute Gasteiger partial charge is 0.478 e. The summed E-state index contributed by atoms with van der Waals surface area (Å²) in [7, 11) is 4.11. The second-order valence-corrected chi connectivity index (χ2v) is 11.4. The van der Waals surface area contributed by atoms with Crippen LogP contribution in [0, 0.1) is 0 Å². The summed E-state index contributed by atoms with van der Waals surface area (Å²) < 4.78 is 0. The number of nitrogens with zero attached hydrogens (tertiary/aromatic N) is 3. The van der Waals surface area contributed by atoms with Crippen molar-refractivity contribution in [2.24, 2.45) is 0 Å². The topological polar surface area (TPSA) is 76.9 Å². The molecular weight excluding hydrogens is 506 g/mol. The van der Waals surface area contributed by atoms with Gasteiger partial charge in [0, 0.05) is 43.8 Å². The maximum Gasteiger partial charge on any atom is 0.335 e. The monoisotopic (exact) mass is 541 g/mol. The number of carboxylic acid groups (broad SMARTS) is 1. The molecule has 4 aromatic rings. The van der Waals surface area contributed by atoms with E-state index in [1.165, 1.54) is 11.1 Å². The standard InChI is InChI=1S/C32H35N3O3S/c1-34(19-22-3-7-24(8-4-22)25-13-17-29(36)18-14-25)28-15-11-26(12-16-28)30-21-39-32(33-30)35(2)20-23-5-9-27(10-6-23)31(37)38/h3-12,15-16,21,25,29,36H,13-14,17-20H2,1-2H3,(H,37,38). The summed E-state index contributed by atoms with van der Waals surface area (Å²) in [6.45, 7) is 1.49. The molecule has 0 radical (unpaired) electrons. The molecule has 39 heavy (non-hydrogen) atoms. The number of benzene rings is 3. The molecule has 1 aromatic heterocycles. The molecule has 1 aliphatic carbocycles. The number of aromatic nitrogens is 1. The fraction of sp³-hybridized carbons (Fsp3) is 0.312. The molecule has 0 spiro atoms. The van der Waals surface area contributed by atoms with E-state index in [9.17, 15) is 9.90 Å². The predicted molar refractivity (Wildman–Crippen MR) is 159 cm³/mol. The fourth-order valence-corrected chi connectivity index (χ4v) is 6.02. The van der Waals surface area contributed by atoms with Gasteiger partial charge in [-0.05, 0) is 72.6 Å². The molecule has 6 nitrogen and oxygen atoms in total. The number of anilines is 2. The van der Waals surface area contributed by atoms with E-state index in [0.29, 0.717) is 18.0 Å². The van der Waals surface area contributed by atoms with Gasteiger partial charge in [-0.25, -0.2) is 9.78 Å². The fourth-order valence-electron chi connectivity index (χ4n) is 5.22. The van der Waals surface area contributed by atoms with Gasteiger partial charge in [0.1, 0.15) is 0 Å². The lowest BCUT2D eigenvalue weighted by atomic mass is 9.82. The van der Waals surface area contributed by atoms with E-state index in [-0.39, 0.29) is 6.10 Å². The van der Waals surface area contributed by atoms with Crippen molar-refractivity contribution in [3.05, 3.63) is 100 Å². The summed E-state index contributed by atoms with van der Waals surface area (Å²) in [5.41, 5.74) is 7.19. The summed E-state index contributed by atoms with van der Waals surface area (Å²) in [4.78, 5) is 20.2. The van der Waals surface area contributed by atoms with Gasteiger partial charge in [0.05, 0.1) is 17.4 Å². The van der Waals surface area contributed by atoms with Crippen LogP contribution in [-0.2, 0) is 13.1 Å². The Kier molecular flexibility index (Phi) is 8.29. The summed E-state index contributed by atoms with van der Waals surface area (Å²) in [6.07, 6.45) is 3.86. The summed E-state index contributed by atoms with van der Waals surface area (Å²) in [6, 6.07) is 24.5. The molecule has 7 heteroatoms. The molecule has 0 amide bonds. The number of aromatic carboxylic acids is 1. The van der Waals surface area contributed by atoms with Crippen LogP contribution in [0.1, 0.15) is 58.6 Å². The van der Waals surface area contributed by atoms with Crippen LogP contribution in [0.5, 0.6) is 0 Å². The highest BCUT2D eigenvalue weighted by Gasteiger charge is 2.20. The molecule has 1 aliphatic rings. The molecule has 5 rings (SSSR count). The lowest BCUT2D eigenvalue weighted by Gasteiger charge is -2.26. The van der Waals surface area contributed by atoms with E-state index in [1.54, 1.807) is 23.5 Å². The number of aliphatic hydroxyl groups is 1. The highest BCUT2D eigenvalue weighted by molar-refractivity contribution is 7.14. The number of rotatable bonds is 9. The van der Waals surface area contributed by atoms with Crippen molar-refractivity contribution < 1.29 is 15.0 Å². The highest BCUT2D eigenvalue weighted by Crippen LogP contribution is 2.33. The SMILES string of the molecule is CN(Cc1ccc(C2CCC(O)CC2)cc1)c1ccc(-c2csc(N(C)Cc3ccc(C(=O)O)cc3)n2)cc1. The second-order valence-electron chi connectivity index (χ2n) is 10.5. The molecule has 0 bridgehead atoms. The van der Waals surface area contributed by atoms with Gasteiger partial charge < -0.3 is 20.0 Å². The lowest BCUT2D eigenvalue weighted by Crippen LogP contribution is -2.17. The normalized spacial score (nSPS) is 17.1. The number of carbonyl (C=O) groups is 1. The average molecular weight is 542 g/mol. The second kappa shape index (κ2) is 12.0.